The molecule has 0 aromatic heterocycles. The molecule has 0 aliphatic rings. The Hall–Kier alpha value is 0.390. The van der Waals surface area contributed by atoms with Crippen molar-refractivity contribution < 1.29 is 4.74 Å². The van der Waals surface area contributed by atoms with E-state index in [9.17, 15) is 0 Å². The van der Waals surface area contributed by atoms with Crippen LogP contribution in [0.1, 0.15) is 169 Å². The molecule has 0 aliphatic heterocycles. The summed E-state index contributed by atoms with van der Waals surface area (Å²) in [5.41, 5.74) is 0. The Kier molecular flexibility index (Phi) is 28.3. The van der Waals surface area contributed by atoms with Gasteiger partial charge in [-0.2, -0.15) is 0 Å². The summed E-state index contributed by atoms with van der Waals surface area (Å²) in [5.74, 6) is 0. The van der Waals surface area contributed by atoms with Crippen LogP contribution in [0.2, 0.25) is 0 Å². The number of ether oxygens (including phenoxy) is 1. The molecule has 0 rings (SSSR count). The monoisotopic (exact) mass is 500 g/mol. The summed E-state index contributed by atoms with van der Waals surface area (Å²) in [5, 5.41) is 0. The quantitative estimate of drug-likeness (QED) is 0.0734. The first-order valence-corrected chi connectivity index (χ1v) is 18.7. The largest absolute Gasteiger partial charge is 0.382 e. The van der Waals surface area contributed by atoms with Gasteiger partial charge in [-0.05, 0) is 64.7 Å². The number of hydrogen-bond donors (Lipinski definition) is 0. The fraction of sp³-hybridized carbons (Fsp3) is 1.00. The summed E-state index contributed by atoms with van der Waals surface area (Å²) in [7, 11) is -0.717. The van der Waals surface area contributed by atoms with E-state index in [0.717, 1.165) is 13.2 Å². The molecular formula is C32H68OP+. The Morgan fingerprint density at radius 1 is 0.353 bits per heavy atom. The second-order valence-corrected chi connectivity index (χ2v) is 15.6. The highest BCUT2D eigenvalue weighted by atomic mass is 31.2. The Labute approximate surface area is 218 Å². The molecule has 0 amide bonds. The van der Waals surface area contributed by atoms with E-state index in [1.165, 1.54) is 128 Å². The molecule has 0 saturated carbocycles. The molecule has 0 spiro atoms. The van der Waals surface area contributed by atoms with Gasteiger partial charge in [0.15, 0.2) is 0 Å². The third-order valence-corrected chi connectivity index (χ3v) is 12.9. The summed E-state index contributed by atoms with van der Waals surface area (Å²) in [4.78, 5) is 0. The van der Waals surface area contributed by atoms with Crippen molar-refractivity contribution in [3.8, 4) is 0 Å². The maximum atomic E-state index is 5.45. The first-order chi connectivity index (χ1) is 16.7. The SMILES string of the molecule is CCCCCCC[P+](CCCCCC)(CCCCCC)CCCCCCCCCCCOCC. The standard InChI is InChI=1S/C32H68OP/c1-5-9-12-21-26-31-34(29-24-13-10-6-2,30-25-14-11-7-3)32-27-22-19-17-15-16-18-20-23-28-33-8-4/h5-32H2,1-4H3/q+1. The Bertz CT molecular complexity index is 358. The van der Waals surface area contributed by atoms with Gasteiger partial charge in [-0.25, -0.2) is 0 Å². The van der Waals surface area contributed by atoms with Crippen LogP contribution in [0, 0.1) is 0 Å². The molecule has 206 valence electrons. The summed E-state index contributed by atoms with van der Waals surface area (Å²) < 4.78 is 5.45. The number of rotatable bonds is 29. The van der Waals surface area contributed by atoms with E-state index in [0.29, 0.717) is 0 Å². The highest BCUT2D eigenvalue weighted by molar-refractivity contribution is 7.75. The van der Waals surface area contributed by atoms with Crippen LogP contribution in [0.15, 0.2) is 0 Å². The van der Waals surface area contributed by atoms with Gasteiger partial charge in [0, 0.05) is 20.5 Å². The average Bonchev–Trinajstić information content (AvgIpc) is 2.85. The van der Waals surface area contributed by atoms with Crippen molar-refractivity contribution in [2.45, 2.75) is 169 Å². The van der Waals surface area contributed by atoms with Crippen LogP contribution in [0.5, 0.6) is 0 Å². The van der Waals surface area contributed by atoms with E-state index in [1.54, 1.807) is 37.5 Å². The van der Waals surface area contributed by atoms with E-state index in [4.69, 9.17) is 4.74 Å². The molecule has 0 heterocycles. The maximum Gasteiger partial charge on any atom is 0.0594 e. The van der Waals surface area contributed by atoms with Gasteiger partial charge in [0.25, 0.3) is 0 Å². The summed E-state index contributed by atoms with van der Waals surface area (Å²) in [6.45, 7) is 11.0. The van der Waals surface area contributed by atoms with Crippen LogP contribution >= 0.6 is 7.26 Å². The first kappa shape index (κ1) is 34.4. The van der Waals surface area contributed by atoms with Crippen LogP contribution in [0.3, 0.4) is 0 Å². The average molecular weight is 500 g/mol. The van der Waals surface area contributed by atoms with Crippen LogP contribution in [-0.2, 0) is 4.74 Å². The van der Waals surface area contributed by atoms with E-state index >= 15 is 0 Å². The van der Waals surface area contributed by atoms with Gasteiger partial charge in [0.1, 0.15) is 0 Å². The van der Waals surface area contributed by atoms with Gasteiger partial charge in [-0.1, -0.05) is 104 Å². The Morgan fingerprint density at radius 3 is 1.00 bits per heavy atom. The maximum absolute atomic E-state index is 5.45. The first-order valence-electron chi connectivity index (χ1n) is 16.2. The zero-order chi connectivity index (χ0) is 25.0. The minimum atomic E-state index is -0.717. The molecule has 1 nitrogen and oxygen atoms in total. The minimum Gasteiger partial charge on any atom is -0.382 e. The lowest BCUT2D eigenvalue weighted by atomic mass is 10.1. The molecule has 0 bridgehead atoms. The molecule has 0 atom stereocenters. The predicted octanol–water partition coefficient (Wildman–Crippen LogP) is 11.7. The van der Waals surface area contributed by atoms with Gasteiger partial charge < -0.3 is 4.74 Å². The molecule has 0 unspecified atom stereocenters. The van der Waals surface area contributed by atoms with Crippen LogP contribution in [-0.4, -0.2) is 37.9 Å². The zero-order valence-corrected chi connectivity index (χ0v) is 25.5. The van der Waals surface area contributed by atoms with Gasteiger partial charge in [0.2, 0.25) is 0 Å². The molecule has 0 radical (unpaired) electrons. The highest BCUT2D eigenvalue weighted by Gasteiger charge is 2.34. The van der Waals surface area contributed by atoms with E-state index in [-0.39, 0.29) is 0 Å². The van der Waals surface area contributed by atoms with Gasteiger partial charge >= 0.3 is 0 Å². The molecule has 0 aromatic rings. The van der Waals surface area contributed by atoms with Gasteiger partial charge in [-0.15, -0.1) is 0 Å². The highest BCUT2D eigenvalue weighted by Crippen LogP contribution is 2.61. The third-order valence-electron chi connectivity index (χ3n) is 7.83. The van der Waals surface area contributed by atoms with Crippen molar-refractivity contribution in [1.29, 1.82) is 0 Å². The van der Waals surface area contributed by atoms with Crippen LogP contribution < -0.4 is 0 Å². The molecule has 0 saturated heterocycles. The second-order valence-electron chi connectivity index (χ2n) is 11.2. The smallest absolute Gasteiger partial charge is 0.0594 e. The lowest BCUT2D eigenvalue weighted by Crippen LogP contribution is -2.13. The van der Waals surface area contributed by atoms with Crippen molar-refractivity contribution in [3.05, 3.63) is 0 Å². The van der Waals surface area contributed by atoms with Crippen molar-refractivity contribution in [3.63, 3.8) is 0 Å². The molecule has 0 fully saturated rings. The molecule has 2 heteroatoms. The topological polar surface area (TPSA) is 9.23 Å². The number of hydrogen-bond acceptors (Lipinski definition) is 1. The molecule has 0 aromatic carbocycles. The fourth-order valence-electron chi connectivity index (χ4n) is 5.50. The van der Waals surface area contributed by atoms with Gasteiger partial charge in [-0.3, -0.25) is 0 Å². The van der Waals surface area contributed by atoms with Crippen molar-refractivity contribution >= 4 is 7.26 Å². The summed E-state index contributed by atoms with van der Waals surface area (Å²) in [6, 6.07) is 0. The molecule has 0 N–H and O–H groups in total. The molecule has 34 heavy (non-hydrogen) atoms. The molecular weight excluding hydrogens is 431 g/mol. The third kappa shape index (κ3) is 22.8. The zero-order valence-electron chi connectivity index (χ0n) is 24.7. The normalized spacial score (nSPS) is 12.0. The Balaban J connectivity index is 4.39. The van der Waals surface area contributed by atoms with Crippen LogP contribution in [0.25, 0.3) is 0 Å². The summed E-state index contributed by atoms with van der Waals surface area (Å²) >= 11 is 0. The predicted molar refractivity (Wildman–Crippen MR) is 161 cm³/mol. The number of unbranched alkanes of at least 4 members (excludes halogenated alkanes) is 18. The van der Waals surface area contributed by atoms with Crippen molar-refractivity contribution in [1.82, 2.24) is 0 Å². The lowest BCUT2D eigenvalue weighted by molar-refractivity contribution is 0.143. The Morgan fingerprint density at radius 2 is 0.647 bits per heavy atom. The van der Waals surface area contributed by atoms with Crippen molar-refractivity contribution in [2.75, 3.05) is 37.9 Å². The van der Waals surface area contributed by atoms with Gasteiger partial charge in [0.05, 0.1) is 24.6 Å². The fourth-order valence-corrected chi connectivity index (χ4v) is 10.4. The van der Waals surface area contributed by atoms with E-state index < -0.39 is 7.26 Å². The van der Waals surface area contributed by atoms with Crippen molar-refractivity contribution in [2.24, 2.45) is 0 Å². The minimum absolute atomic E-state index is 0.717. The summed E-state index contributed by atoms with van der Waals surface area (Å²) in [6.07, 6.45) is 38.6. The second kappa shape index (κ2) is 28.0. The molecule has 0 aliphatic carbocycles. The van der Waals surface area contributed by atoms with E-state index in [2.05, 4.69) is 27.7 Å². The van der Waals surface area contributed by atoms with E-state index in [1.807, 2.05) is 0 Å². The lowest BCUT2D eigenvalue weighted by Gasteiger charge is -2.28. The van der Waals surface area contributed by atoms with Crippen LogP contribution in [0.4, 0.5) is 0 Å².